The van der Waals surface area contributed by atoms with Crippen LogP contribution in [0, 0.1) is 5.92 Å². The van der Waals surface area contributed by atoms with E-state index < -0.39 is 0 Å². The summed E-state index contributed by atoms with van der Waals surface area (Å²) < 4.78 is 1.02. The molecule has 1 heterocycles. The highest BCUT2D eigenvalue weighted by molar-refractivity contribution is 9.11. The van der Waals surface area contributed by atoms with Gasteiger partial charge in [0.25, 0.3) is 5.91 Å². The smallest absolute Gasteiger partial charge is 0.263 e. The van der Waals surface area contributed by atoms with Gasteiger partial charge in [0.15, 0.2) is 0 Å². The number of carbonyl (C=O) groups excluding carboxylic acids is 1. The Bertz CT molecular complexity index is 385. The zero-order valence-electron chi connectivity index (χ0n) is 10.1. The Hall–Kier alpha value is -0.350. The zero-order chi connectivity index (χ0) is 12.3. The molecule has 2 nitrogen and oxygen atoms in total. The highest BCUT2D eigenvalue weighted by Gasteiger charge is 2.19. The second-order valence-electron chi connectivity index (χ2n) is 4.79. The van der Waals surface area contributed by atoms with E-state index in [1.807, 2.05) is 24.1 Å². The minimum Gasteiger partial charge on any atom is -0.341 e. The third-order valence-corrected chi connectivity index (χ3v) is 5.00. The fourth-order valence-corrected chi connectivity index (χ4v) is 3.84. The van der Waals surface area contributed by atoms with Crippen LogP contribution in [0.4, 0.5) is 0 Å². The van der Waals surface area contributed by atoms with Crippen LogP contribution in [0.3, 0.4) is 0 Å². The van der Waals surface area contributed by atoms with E-state index in [9.17, 15) is 4.79 Å². The molecule has 94 valence electrons. The topological polar surface area (TPSA) is 20.3 Å². The van der Waals surface area contributed by atoms with Crippen molar-refractivity contribution in [2.45, 2.75) is 32.1 Å². The Morgan fingerprint density at radius 1 is 1.41 bits per heavy atom. The van der Waals surface area contributed by atoms with E-state index in [1.54, 1.807) is 0 Å². The third kappa shape index (κ3) is 3.55. The van der Waals surface area contributed by atoms with Crippen LogP contribution >= 0.6 is 27.3 Å². The summed E-state index contributed by atoms with van der Waals surface area (Å²) in [6, 6.07) is 3.83. The van der Waals surface area contributed by atoms with Crippen molar-refractivity contribution in [3.63, 3.8) is 0 Å². The van der Waals surface area contributed by atoms with Crippen molar-refractivity contribution in [2.24, 2.45) is 5.92 Å². The molecule has 1 aromatic rings. The largest absolute Gasteiger partial charge is 0.341 e. The summed E-state index contributed by atoms with van der Waals surface area (Å²) >= 11 is 4.91. The van der Waals surface area contributed by atoms with Crippen molar-refractivity contribution in [1.82, 2.24) is 4.90 Å². The van der Waals surface area contributed by atoms with Crippen LogP contribution in [0.5, 0.6) is 0 Å². The second-order valence-corrected chi connectivity index (χ2v) is 7.26. The molecule has 0 aliphatic heterocycles. The van der Waals surface area contributed by atoms with E-state index >= 15 is 0 Å². The number of amides is 1. The van der Waals surface area contributed by atoms with Crippen molar-refractivity contribution in [2.75, 3.05) is 13.6 Å². The van der Waals surface area contributed by atoms with E-state index in [2.05, 4.69) is 15.9 Å². The number of carbonyl (C=O) groups is 1. The number of nitrogens with zero attached hydrogens (tertiary/aromatic N) is 1. The lowest BCUT2D eigenvalue weighted by Crippen LogP contribution is -2.32. The Balaban J connectivity index is 1.90. The molecule has 1 saturated carbocycles. The predicted octanol–water partition coefficient (Wildman–Crippen LogP) is 4.16. The van der Waals surface area contributed by atoms with Crippen LogP contribution in [0.2, 0.25) is 0 Å². The normalized spacial score (nSPS) is 17.1. The van der Waals surface area contributed by atoms with Gasteiger partial charge in [0, 0.05) is 13.6 Å². The van der Waals surface area contributed by atoms with Gasteiger partial charge in [0.05, 0.1) is 8.66 Å². The number of hydrogen-bond acceptors (Lipinski definition) is 2. The molecule has 0 aromatic carbocycles. The van der Waals surface area contributed by atoms with Crippen molar-refractivity contribution >= 4 is 33.2 Å². The van der Waals surface area contributed by atoms with Gasteiger partial charge in [-0.2, -0.15) is 0 Å². The van der Waals surface area contributed by atoms with Crippen molar-refractivity contribution in [3.05, 3.63) is 20.8 Å². The molecule has 0 spiro atoms. The first-order chi connectivity index (χ1) is 8.16. The van der Waals surface area contributed by atoms with Gasteiger partial charge in [-0.25, -0.2) is 0 Å². The lowest BCUT2D eigenvalue weighted by Gasteiger charge is -2.26. The lowest BCUT2D eigenvalue weighted by molar-refractivity contribution is 0.0765. The Labute approximate surface area is 115 Å². The lowest BCUT2D eigenvalue weighted by atomic mass is 9.89. The van der Waals surface area contributed by atoms with E-state index in [4.69, 9.17) is 0 Å². The molecule has 1 amide bonds. The highest BCUT2D eigenvalue weighted by atomic mass is 79.9. The molecule has 1 aromatic heterocycles. The minimum absolute atomic E-state index is 0.159. The summed E-state index contributed by atoms with van der Waals surface area (Å²) in [6.45, 7) is 0.911. The fraction of sp³-hybridized carbons (Fsp3) is 0.615. The van der Waals surface area contributed by atoms with Crippen molar-refractivity contribution in [1.29, 1.82) is 0 Å². The van der Waals surface area contributed by atoms with E-state index in [1.165, 1.54) is 43.4 Å². The Kier molecular flexibility index (Phi) is 4.62. The summed E-state index contributed by atoms with van der Waals surface area (Å²) in [7, 11) is 1.92. The standard InChI is InChI=1S/C13H18BrNOS/c1-15(9-10-5-3-2-4-6-10)13(16)11-7-8-12(14)17-11/h7-8,10H,2-6,9H2,1H3. The predicted molar refractivity (Wildman–Crippen MR) is 75.6 cm³/mol. The maximum atomic E-state index is 12.1. The number of thiophene rings is 1. The third-order valence-electron chi connectivity index (χ3n) is 3.39. The first kappa shape index (κ1) is 13.1. The summed E-state index contributed by atoms with van der Waals surface area (Å²) in [5.41, 5.74) is 0. The van der Waals surface area contributed by atoms with Crippen LogP contribution in [0.25, 0.3) is 0 Å². The first-order valence-electron chi connectivity index (χ1n) is 6.17. The molecule has 1 aliphatic rings. The fourth-order valence-electron chi connectivity index (χ4n) is 2.46. The molecule has 0 bridgehead atoms. The molecule has 0 N–H and O–H groups in total. The first-order valence-corrected chi connectivity index (χ1v) is 7.78. The maximum absolute atomic E-state index is 12.1. The molecular weight excluding hydrogens is 298 g/mol. The average molecular weight is 316 g/mol. The monoisotopic (exact) mass is 315 g/mol. The van der Waals surface area contributed by atoms with Gasteiger partial charge < -0.3 is 4.90 Å². The van der Waals surface area contributed by atoms with E-state index in [0.717, 1.165) is 15.2 Å². The van der Waals surface area contributed by atoms with Crippen LogP contribution in [-0.4, -0.2) is 24.4 Å². The molecule has 0 radical (unpaired) electrons. The van der Waals surface area contributed by atoms with Crippen molar-refractivity contribution in [3.8, 4) is 0 Å². The molecule has 0 unspecified atom stereocenters. The van der Waals surface area contributed by atoms with Gasteiger partial charge in [-0.05, 0) is 46.8 Å². The van der Waals surface area contributed by atoms with E-state index in [-0.39, 0.29) is 5.91 Å². The molecule has 0 atom stereocenters. The molecule has 2 rings (SSSR count). The van der Waals surface area contributed by atoms with Crippen LogP contribution in [0.1, 0.15) is 41.8 Å². The second kappa shape index (κ2) is 6.01. The van der Waals surface area contributed by atoms with Gasteiger partial charge >= 0.3 is 0 Å². The minimum atomic E-state index is 0.159. The number of halogens is 1. The number of hydrogen-bond donors (Lipinski definition) is 0. The summed E-state index contributed by atoms with van der Waals surface area (Å²) in [6.07, 6.45) is 6.60. The Morgan fingerprint density at radius 2 is 2.12 bits per heavy atom. The summed E-state index contributed by atoms with van der Waals surface area (Å²) in [4.78, 5) is 14.9. The quantitative estimate of drug-likeness (QED) is 0.820. The highest BCUT2D eigenvalue weighted by Crippen LogP contribution is 2.26. The van der Waals surface area contributed by atoms with E-state index in [0.29, 0.717) is 5.92 Å². The maximum Gasteiger partial charge on any atom is 0.263 e. The van der Waals surface area contributed by atoms with Gasteiger partial charge in [-0.15, -0.1) is 11.3 Å². The van der Waals surface area contributed by atoms with Gasteiger partial charge in [0.2, 0.25) is 0 Å². The van der Waals surface area contributed by atoms with Gasteiger partial charge in [-0.1, -0.05) is 19.3 Å². The van der Waals surface area contributed by atoms with Crippen LogP contribution in [-0.2, 0) is 0 Å². The molecule has 0 saturated heterocycles. The SMILES string of the molecule is CN(CC1CCCCC1)C(=O)c1ccc(Br)s1. The van der Waals surface area contributed by atoms with Gasteiger partial charge in [0.1, 0.15) is 0 Å². The number of rotatable bonds is 3. The molecule has 4 heteroatoms. The zero-order valence-corrected chi connectivity index (χ0v) is 12.5. The molecule has 17 heavy (non-hydrogen) atoms. The Morgan fingerprint density at radius 3 is 2.71 bits per heavy atom. The molecule has 1 aliphatic carbocycles. The summed E-state index contributed by atoms with van der Waals surface area (Å²) in [5.74, 6) is 0.868. The summed E-state index contributed by atoms with van der Waals surface area (Å²) in [5, 5.41) is 0. The molecular formula is C13H18BrNOS. The van der Waals surface area contributed by atoms with Crippen LogP contribution < -0.4 is 0 Å². The average Bonchev–Trinajstić information content (AvgIpc) is 2.76. The van der Waals surface area contributed by atoms with Gasteiger partial charge in [-0.3, -0.25) is 4.79 Å². The van der Waals surface area contributed by atoms with Crippen molar-refractivity contribution < 1.29 is 4.79 Å². The molecule has 1 fully saturated rings. The van der Waals surface area contributed by atoms with Crippen LogP contribution in [0.15, 0.2) is 15.9 Å².